The largest absolute Gasteiger partial charge is 0.480 e. The highest BCUT2D eigenvalue weighted by molar-refractivity contribution is 5.83. The molecule has 2 rings (SSSR count). The summed E-state index contributed by atoms with van der Waals surface area (Å²) in [6.45, 7) is 4.85. The van der Waals surface area contributed by atoms with E-state index in [0.717, 1.165) is 11.1 Å². The highest BCUT2D eigenvalue weighted by Crippen LogP contribution is 2.14. The number of carboxylic acid groups (broad SMARTS) is 1. The number of urea groups is 1. The highest BCUT2D eigenvalue weighted by Gasteiger charge is 2.28. The van der Waals surface area contributed by atoms with Gasteiger partial charge in [0.1, 0.15) is 12.1 Å². The van der Waals surface area contributed by atoms with Crippen LogP contribution in [0.5, 0.6) is 0 Å². The molecule has 2 heterocycles. The lowest BCUT2D eigenvalue weighted by Gasteiger charge is -2.32. The van der Waals surface area contributed by atoms with Gasteiger partial charge in [0, 0.05) is 45.1 Å². The van der Waals surface area contributed by atoms with E-state index in [1.807, 2.05) is 38.1 Å². The predicted octanol–water partition coefficient (Wildman–Crippen LogP) is 2.87. The Morgan fingerprint density at radius 3 is 2.79 bits per heavy atom. The van der Waals surface area contributed by atoms with Crippen molar-refractivity contribution >= 4 is 18.1 Å². The zero-order chi connectivity index (χ0) is 24.8. The van der Waals surface area contributed by atoms with Gasteiger partial charge in [0.25, 0.3) is 0 Å². The van der Waals surface area contributed by atoms with Crippen LogP contribution in [0, 0.1) is 6.92 Å². The second-order valence-electron chi connectivity index (χ2n) is 7.85. The number of alkyl carbamates (subject to hydrolysis) is 1. The molecule has 0 spiro atoms. The number of rotatable bonds is 8. The summed E-state index contributed by atoms with van der Waals surface area (Å²) in [5.41, 5.74) is 1.59. The third kappa shape index (κ3) is 9.76. The monoisotopic (exact) mass is 471 g/mol. The van der Waals surface area contributed by atoms with Gasteiger partial charge in [-0.15, -0.1) is 0 Å². The van der Waals surface area contributed by atoms with Crippen molar-refractivity contribution in [2.45, 2.75) is 45.3 Å². The Labute approximate surface area is 199 Å². The highest BCUT2D eigenvalue weighted by atomic mass is 16.6. The van der Waals surface area contributed by atoms with Gasteiger partial charge >= 0.3 is 18.1 Å². The SMILES string of the molecule is C/C=C\C=C/CNC(=O)OC1CCN(C(=O)NC(Cc2ccc[nH]ncc(C)c2)C(=O)O)CC1. The number of ether oxygens (including phenoxy) is 1. The van der Waals surface area contributed by atoms with E-state index in [9.17, 15) is 19.5 Å². The normalized spacial score (nSPS) is 15.1. The van der Waals surface area contributed by atoms with Crippen molar-refractivity contribution in [2.75, 3.05) is 19.6 Å². The molecule has 1 saturated heterocycles. The van der Waals surface area contributed by atoms with Gasteiger partial charge in [0.15, 0.2) is 0 Å². The summed E-state index contributed by atoms with van der Waals surface area (Å²) in [6, 6.07) is 3.79. The second kappa shape index (κ2) is 14.4. The van der Waals surface area contributed by atoms with Crippen LogP contribution in [0.1, 0.15) is 30.9 Å². The molecule has 1 aromatic rings. The van der Waals surface area contributed by atoms with Gasteiger partial charge in [-0.25, -0.2) is 14.4 Å². The molecule has 0 bridgehead atoms. The molecule has 1 aliphatic rings. The molecular formula is C24H33N5O5. The molecule has 1 fully saturated rings. The number of piperidine rings is 1. The number of carbonyl (C=O) groups is 3. The lowest BCUT2D eigenvalue weighted by atomic mass is 10.1. The minimum atomic E-state index is -1.12. The Hall–Kier alpha value is -3.82. The van der Waals surface area contributed by atoms with Crippen LogP contribution in [0.15, 0.2) is 54.9 Å². The Bertz CT molecular complexity index is 933. The van der Waals surface area contributed by atoms with E-state index in [1.54, 1.807) is 35.5 Å². The van der Waals surface area contributed by atoms with Crippen LogP contribution < -0.4 is 10.6 Å². The first-order chi connectivity index (χ1) is 16.4. The minimum absolute atomic E-state index is 0.124. The van der Waals surface area contributed by atoms with Crippen molar-refractivity contribution < 1.29 is 24.2 Å². The predicted molar refractivity (Wildman–Crippen MR) is 128 cm³/mol. The molecule has 3 amide bonds. The number of hydrogen-bond acceptors (Lipinski definition) is 5. The number of likely N-dealkylation sites (tertiary alicyclic amines) is 1. The fourth-order valence-electron chi connectivity index (χ4n) is 3.35. The van der Waals surface area contributed by atoms with Crippen LogP contribution >= 0.6 is 0 Å². The van der Waals surface area contributed by atoms with Gasteiger partial charge in [-0.3, -0.25) is 5.10 Å². The lowest BCUT2D eigenvalue weighted by molar-refractivity contribution is -0.139. The number of nitrogens with one attached hydrogen (secondary N) is 3. The molecule has 4 N–H and O–H groups in total. The van der Waals surface area contributed by atoms with Gasteiger partial charge in [0.2, 0.25) is 0 Å². The molecule has 10 nitrogen and oxygen atoms in total. The summed E-state index contributed by atoms with van der Waals surface area (Å²) in [4.78, 5) is 37.9. The molecule has 184 valence electrons. The number of allylic oxidation sites excluding steroid dienone is 3. The molecule has 0 aromatic carbocycles. The molecule has 1 aliphatic heterocycles. The maximum Gasteiger partial charge on any atom is 0.407 e. The summed E-state index contributed by atoms with van der Waals surface area (Å²) in [5, 5.41) is 21.6. The van der Waals surface area contributed by atoms with Crippen molar-refractivity contribution in [3.05, 3.63) is 66.0 Å². The Morgan fingerprint density at radius 1 is 1.32 bits per heavy atom. The van der Waals surface area contributed by atoms with Crippen molar-refractivity contribution in [1.29, 1.82) is 0 Å². The minimum Gasteiger partial charge on any atom is -0.480 e. The van der Waals surface area contributed by atoms with Crippen molar-refractivity contribution in [1.82, 2.24) is 25.7 Å². The fraction of sp³-hybridized carbons (Fsp3) is 0.417. The maximum atomic E-state index is 12.7. The second-order valence-corrected chi connectivity index (χ2v) is 7.85. The van der Waals surface area contributed by atoms with Crippen LogP contribution in [0.25, 0.3) is 0 Å². The summed E-state index contributed by atoms with van der Waals surface area (Å²) < 4.78 is 5.40. The molecule has 1 unspecified atom stereocenters. The van der Waals surface area contributed by atoms with Crippen molar-refractivity contribution in [2.24, 2.45) is 0 Å². The van der Waals surface area contributed by atoms with E-state index in [2.05, 4.69) is 20.8 Å². The Kier molecular flexibility index (Phi) is 11.2. The maximum absolute atomic E-state index is 12.7. The van der Waals surface area contributed by atoms with Gasteiger partial charge < -0.3 is 25.4 Å². The first-order valence-electron chi connectivity index (χ1n) is 11.2. The molecule has 34 heavy (non-hydrogen) atoms. The van der Waals surface area contributed by atoms with E-state index < -0.39 is 24.1 Å². The van der Waals surface area contributed by atoms with Gasteiger partial charge in [-0.2, -0.15) is 5.10 Å². The third-order valence-electron chi connectivity index (χ3n) is 5.08. The van der Waals surface area contributed by atoms with Gasteiger partial charge in [-0.05, 0) is 31.0 Å². The molecule has 0 aliphatic carbocycles. The standard InChI is InChI=1S/C24H33N5O5/c1-3-4-5-6-11-25-24(33)34-20-9-13-29(14-10-20)23(32)28-21(22(30)31)16-19-8-7-12-26-27-17-18(2)15-19/h3-8,12,15,17,20-21,26H,9-11,13-14,16H2,1-2H3,(H,25,33)(H,28,32)(H,30,31)/b4-3-,6-5-,12-7?,18-15?,19-8?,27-17?. The number of amides is 3. The van der Waals surface area contributed by atoms with E-state index in [-0.39, 0.29) is 12.5 Å². The van der Waals surface area contributed by atoms with E-state index in [0.29, 0.717) is 32.5 Å². The van der Waals surface area contributed by atoms with Gasteiger partial charge in [0.05, 0.1) is 6.20 Å². The van der Waals surface area contributed by atoms with Crippen LogP contribution in [-0.2, 0) is 16.0 Å². The smallest absolute Gasteiger partial charge is 0.407 e. The fourth-order valence-corrected chi connectivity index (χ4v) is 3.35. The number of H-pyrrole nitrogens is 1. The molecule has 1 aromatic heterocycles. The number of aromatic nitrogens is 2. The summed E-state index contributed by atoms with van der Waals surface area (Å²) in [7, 11) is 0. The number of aliphatic carboxylic acids is 1. The molecule has 0 saturated carbocycles. The van der Waals surface area contributed by atoms with Crippen LogP contribution in [0.3, 0.4) is 0 Å². The number of carboxylic acids is 1. The molecule has 0 radical (unpaired) electrons. The average Bonchev–Trinajstić information content (AvgIpc) is 2.90. The number of nitrogens with zero attached hydrogens (tertiary/aromatic N) is 2. The van der Waals surface area contributed by atoms with E-state index in [4.69, 9.17) is 4.74 Å². The van der Waals surface area contributed by atoms with E-state index in [1.165, 1.54) is 0 Å². The molecule has 1 atom stereocenters. The van der Waals surface area contributed by atoms with Crippen LogP contribution in [0.2, 0.25) is 0 Å². The average molecular weight is 472 g/mol. The number of carbonyl (C=O) groups excluding carboxylic acids is 2. The van der Waals surface area contributed by atoms with Crippen molar-refractivity contribution in [3.63, 3.8) is 0 Å². The van der Waals surface area contributed by atoms with Crippen molar-refractivity contribution in [3.8, 4) is 0 Å². The van der Waals surface area contributed by atoms with E-state index >= 15 is 0 Å². The zero-order valence-electron chi connectivity index (χ0n) is 19.6. The summed E-state index contributed by atoms with van der Waals surface area (Å²) in [5.74, 6) is -1.12. The topological polar surface area (TPSA) is 137 Å². The quantitative estimate of drug-likeness (QED) is 0.430. The lowest BCUT2D eigenvalue weighted by Crippen LogP contribution is -2.51. The molecular weight excluding hydrogens is 438 g/mol. The number of aryl methyl sites for hydroxylation is 1. The first kappa shape index (κ1) is 26.4. The summed E-state index contributed by atoms with van der Waals surface area (Å²) in [6.07, 6.45) is 10.9. The van der Waals surface area contributed by atoms with Gasteiger partial charge in [-0.1, -0.05) is 36.4 Å². The van der Waals surface area contributed by atoms with Crippen LogP contribution in [0.4, 0.5) is 9.59 Å². The summed E-state index contributed by atoms with van der Waals surface area (Å²) >= 11 is 0. The van der Waals surface area contributed by atoms with Crippen LogP contribution in [-0.4, -0.2) is 70.1 Å². The Morgan fingerprint density at radius 2 is 2.09 bits per heavy atom. The third-order valence-corrected chi connectivity index (χ3v) is 5.08. The number of aromatic amines is 1. The zero-order valence-corrected chi connectivity index (χ0v) is 19.6. The first-order valence-corrected chi connectivity index (χ1v) is 11.2. The number of hydrogen-bond donors (Lipinski definition) is 4. The Balaban J connectivity index is 1.86. The molecule has 10 heteroatoms.